The van der Waals surface area contributed by atoms with Gasteiger partial charge < -0.3 is 38.3 Å². The maximum Gasteiger partial charge on any atom is 0.361 e. The summed E-state index contributed by atoms with van der Waals surface area (Å²) < 4.78 is 9.34. The Morgan fingerprint density at radius 1 is 1.29 bits per heavy atom. The van der Waals surface area contributed by atoms with E-state index < -0.39 is 5.97 Å². The third kappa shape index (κ3) is 4.03. The standard InChI is InChI=1S/C17H19ClN6O3.BrH/c1-2-23-10-5-3-4-6-11(10)24(7-8-25)12(23)9-27-17(26)13-15(19)22-16(20)14(18)21-13;/h3-6,25H,2,7-9H2,1H3,(H3-,19,20,22,26);1H. The normalized spacial score (nSPS) is 10.7. The molecule has 0 saturated carbocycles. The summed E-state index contributed by atoms with van der Waals surface area (Å²) >= 11 is 5.82. The first-order valence-electron chi connectivity index (χ1n) is 8.34. The van der Waals surface area contributed by atoms with E-state index >= 15 is 0 Å². The van der Waals surface area contributed by atoms with E-state index in [-0.39, 0.29) is 52.7 Å². The van der Waals surface area contributed by atoms with Gasteiger partial charge in [0.1, 0.15) is 6.54 Å². The smallest absolute Gasteiger partial charge is 0.361 e. The summed E-state index contributed by atoms with van der Waals surface area (Å²) in [6.07, 6.45) is 0. The van der Waals surface area contributed by atoms with Crippen molar-refractivity contribution in [3.05, 3.63) is 40.9 Å². The van der Waals surface area contributed by atoms with E-state index in [1.165, 1.54) is 0 Å². The molecule has 3 aromatic rings. The van der Waals surface area contributed by atoms with Gasteiger partial charge in [0.15, 0.2) is 40.1 Å². The molecule has 9 nitrogen and oxygen atoms in total. The number of carbonyl (C=O) groups is 1. The number of aryl methyl sites for hydroxylation is 1. The molecule has 1 aromatic carbocycles. The maximum atomic E-state index is 12.4. The quantitative estimate of drug-likeness (QED) is 0.277. The lowest BCUT2D eigenvalue weighted by Gasteiger charge is -2.07. The van der Waals surface area contributed by atoms with Crippen LogP contribution in [0.2, 0.25) is 5.15 Å². The number of aliphatic hydroxyl groups is 1. The van der Waals surface area contributed by atoms with Crippen LogP contribution in [0.4, 0.5) is 11.6 Å². The molecule has 0 bridgehead atoms. The average molecular weight is 472 g/mol. The van der Waals surface area contributed by atoms with Crippen LogP contribution in [0.1, 0.15) is 23.2 Å². The summed E-state index contributed by atoms with van der Waals surface area (Å²) in [5.74, 6) is -0.238. The van der Waals surface area contributed by atoms with Gasteiger partial charge in [-0.2, -0.15) is 0 Å². The number of nitrogens with zero attached hydrogens (tertiary/aromatic N) is 4. The monoisotopic (exact) mass is 470 g/mol. The number of nitrogens with two attached hydrogens (primary N) is 2. The van der Waals surface area contributed by atoms with Crippen LogP contribution in [-0.2, 0) is 24.4 Å². The van der Waals surface area contributed by atoms with Crippen LogP contribution >= 0.6 is 11.6 Å². The number of carbonyl (C=O) groups excluding carboxylic acids is 1. The van der Waals surface area contributed by atoms with Crippen LogP contribution in [0.3, 0.4) is 0 Å². The number of hydrogen-bond donors (Lipinski definition) is 3. The molecule has 0 saturated heterocycles. The molecule has 0 aliphatic heterocycles. The van der Waals surface area contributed by atoms with E-state index in [9.17, 15) is 9.90 Å². The SMILES string of the molecule is CCn1c(COC(=O)c2nc(Cl)c(N)nc2N)[n+](CCO)c2ccccc21.[Br-]. The minimum absolute atomic E-state index is 0. The predicted octanol–water partition coefficient (Wildman–Crippen LogP) is -2.09. The highest BCUT2D eigenvalue weighted by atomic mass is 79.9. The van der Waals surface area contributed by atoms with Crippen LogP contribution < -0.4 is 33.0 Å². The van der Waals surface area contributed by atoms with Crippen molar-refractivity contribution in [2.75, 3.05) is 18.1 Å². The maximum absolute atomic E-state index is 12.4. The molecule has 0 unspecified atom stereocenters. The molecule has 0 fully saturated rings. The number of para-hydroxylation sites is 2. The number of aliphatic hydroxyl groups excluding tert-OH is 1. The van der Waals surface area contributed by atoms with Crippen molar-refractivity contribution in [3.8, 4) is 0 Å². The molecular weight excluding hydrogens is 452 g/mol. The topological polar surface area (TPSA) is 133 Å². The van der Waals surface area contributed by atoms with Crippen LogP contribution in [0.25, 0.3) is 11.0 Å². The second-order valence-electron chi connectivity index (χ2n) is 5.73. The molecule has 0 spiro atoms. The highest BCUT2D eigenvalue weighted by Gasteiger charge is 2.26. The Kier molecular flexibility index (Phi) is 7.17. The van der Waals surface area contributed by atoms with Gasteiger partial charge in [0, 0.05) is 0 Å². The van der Waals surface area contributed by atoms with Crippen molar-refractivity contribution < 1.29 is 36.2 Å². The number of benzene rings is 1. The Morgan fingerprint density at radius 3 is 2.68 bits per heavy atom. The van der Waals surface area contributed by atoms with Crippen molar-refractivity contribution in [2.45, 2.75) is 26.6 Å². The molecule has 0 radical (unpaired) electrons. The molecule has 28 heavy (non-hydrogen) atoms. The fraction of sp³-hybridized carbons (Fsp3) is 0.294. The molecule has 0 amide bonds. The molecular formula is C17H20BrClN6O3. The minimum atomic E-state index is -0.759. The lowest BCUT2D eigenvalue weighted by Crippen LogP contribution is -3.00. The number of fused-ring (bicyclic) bond motifs is 1. The van der Waals surface area contributed by atoms with Gasteiger partial charge in [-0.1, -0.05) is 23.7 Å². The number of esters is 1. The third-order valence-electron chi connectivity index (χ3n) is 4.16. The van der Waals surface area contributed by atoms with Crippen LogP contribution in [0, 0.1) is 0 Å². The van der Waals surface area contributed by atoms with Crippen LogP contribution in [0.5, 0.6) is 0 Å². The average Bonchev–Trinajstić information content (AvgIpc) is 2.96. The highest BCUT2D eigenvalue weighted by molar-refractivity contribution is 6.31. The molecule has 0 atom stereocenters. The number of hydrogen-bond acceptors (Lipinski definition) is 7. The van der Waals surface area contributed by atoms with Gasteiger partial charge in [-0.15, -0.1) is 0 Å². The number of anilines is 2. The first kappa shape index (κ1) is 21.9. The van der Waals surface area contributed by atoms with Gasteiger partial charge >= 0.3 is 5.97 Å². The predicted molar refractivity (Wildman–Crippen MR) is 99.9 cm³/mol. The first-order chi connectivity index (χ1) is 13.0. The summed E-state index contributed by atoms with van der Waals surface area (Å²) in [5.41, 5.74) is 12.9. The minimum Gasteiger partial charge on any atom is -1.00 e. The summed E-state index contributed by atoms with van der Waals surface area (Å²) in [7, 11) is 0. The van der Waals surface area contributed by atoms with E-state index in [2.05, 4.69) is 9.97 Å². The first-order valence-corrected chi connectivity index (χ1v) is 8.72. The Balaban J connectivity index is 0.00000280. The fourth-order valence-electron chi connectivity index (χ4n) is 2.99. The molecule has 3 rings (SSSR count). The zero-order chi connectivity index (χ0) is 19.6. The van der Waals surface area contributed by atoms with Crippen molar-refractivity contribution in [3.63, 3.8) is 0 Å². The van der Waals surface area contributed by atoms with Gasteiger partial charge in [-0.25, -0.2) is 23.9 Å². The van der Waals surface area contributed by atoms with Crippen molar-refractivity contribution in [1.29, 1.82) is 0 Å². The molecule has 5 N–H and O–H groups in total. The molecule has 0 aliphatic carbocycles. The number of aromatic nitrogens is 4. The molecule has 2 heterocycles. The van der Waals surface area contributed by atoms with Gasteiger partial charge in [0.2, 0.25) is 0 Å². The lowest BCUT2D eigenvalue weighted by atomic mass is 10.3. The van der Waals surface area contributed by atoms with Crippen molar-refractivity contribution in [2.24, 2.45) is 0 Å². The summed E-state index contributed by atoms with van der Waals surface area (Å²) in [6, 6.07) is 7.77. The number of imidazole rings is 1. The van der Waals surface area contributed by atoms with Crippen LogP contribution in [0.15, 0.2) is 24.3 Å². The Hall–Kier alpha value is -2.43. The zero-order valence-electron chi connectivity index (χ0n) is 15.1. The van der Waals surface area contributed by atoms with E-state index in [1.807, 2.05) is 40.3 Å². The van der Waals surface area contributed by atoms with Gasteiger partial charge in [-0.05, 0) is 19.1 Å². The van der Waals surface area contributed by atoms with E-state index in [0.717, 1.165) is 16.9 Å². The zero-order valence-corrected chi connectivity index (χ0v) is 17.4. The molecule has 150 valence electrons. The number of ether oxygens (including phenoxy) is 1. The van der Waals surface area contributed by atoms with E-state index in [0.29, 0.717) is 13.1 Å². The Morgan fingerprint density at radius 2 is 2.00 bits per heavy atom. The van der Waals surface area contributed by atoms with Gasteiger partial charge in [-0.3, -0.25) is 0 Å². The summed E-state index contributed by atoms with van der Waals surface area (Å²) in [6.45, 7) is 2.95. The third-order valence-corrected chi connectivity index (χ3v) is 4.43. The van der Waals surface area contributed by atoms with E-state index in [4.69, 9.17) is 27.8 Å². The lowest BCUT2D eigenvalue weighted by molar-refractivity contribution is -0.683. The Bertz CT molecular complexity index is 1010. The summed E-state index contributed by atoms with van der Waals surface area (Å²) in [5, 5.41) is 9.32. The van der Waals surface area contributed by atoms with Crippen molar-refractivity contribution >= 4 is 40.2 Å². The fourth-order valence-corrected chi connectivity index (χ4v) is 3.12. The number of halogens is 2. The molecule has 11 heteroatoms. The highest BCUT2D eigenvalue weighted by Crippen LogP contribution is 2.19. The second-order valence-corrected chi connectivity index (χ2v) is 6.09. The van der Waals surface area contributed by atoms with E-state index in [1.54, 1.807) is 0 Å². The largest absolute Gasteiger partial charge is 1.00 e. The van der Waals surface area contributed by atoms with Gasteiger partial charge in [0.05, 0.1) is 13.2 Å². The Labute approximate surface area is 176 Å². The number of nitrogen functional groups attached to an aromatic ring is 2. The summed E-state index contributed by atoms with van der Waals surface area (Å²) in [4.78, 5) is 20.0. The van der Waals surface area contributed by atoms with Crippen LogP contribution in [-0.4, -0.2) is 32.2 Å². The molecule has 0 aliphatic rings. The van der Waals surface area contributed by atoms with Crippen molar-refractivity contribution in [1.82, 2.24) is 14.5 Å². The molecule has 2 aromatic heterocycles. The number of rotatable bonds is 6. The second kappa shape index (κ2) is 9.18. The van der Waals surface area contributed by atoms with Gasteiger partial charge in [0.25, 0.3) is 5.82 Å².